The van der Waals surface area contributed by atoms with Gasteiger partial charge in [0.15, 0.2) is 0 Å². The topological polar surface area (TPSA) is 47.7 Å². The van der Waals surface area contributed by atoms with E-state index in [1.165, 1.54) is 11.8 Å². The van der Waals surface area contributed by atoms with Gasteiger partial charge in [-0.25, -0.2) is 0 Å². The first-order valence-electron chi connectivity index (χ1n) is 4.81. The summed E-state index contributed by atoms with van der Waals surface area (Å²) in [6, 6.07) is 9.48. The molecule has 1 aromatic carbocycles. The van der Waals surface area contributed by atoms with E-state index in [1.54, 1.807) is 6.08 Å². The van der Waals surface area contributed by atoms with Crippen molar-refractivity contribution in [3.8, 4) is 0 Å². The van der Waals surface area contributed by atoms with Crippen molar-refractivity contribution in [2.24, 2.45) is 0 Å². The van der Waals surface area contributed by atoms with E-state index < -0.39 is 0 Å². The molecule has 1 aromatic rings. The predicted octanol–water partition coefficient (Wildman–Crippen LogP) is 3.69. The molecule has 0 aliphatic carbocycles. The van der Waals surface area contributed by atoms with Gasteiger partial charge in [0.25, 0.3) is 0 Å². The van der Waals surface area contributed by atoms with Crippen LogP contribution in [0.1, 0.15) is 18.9 Å². The summed E-state index contributed by atoms with van der Waals surface area (Å²) in [5, 5.41) is 16.2. The van der Waals surface area contributed by atoms with Gasteiger partial charge in [0.2, 0.25) is 0 Å². The summed E-state index contributed by atoms with van der Waals surface area (Å²) in [5.41, 5.74) is 0.858. The Morgan fingerprint density at radius 1 is 1.27 bits per heavy atom. The van der Waals surface area contributed by atoms with Crippen molar-refractivity contribution < 1.29 is 0 Å². The van der Waals surface area contributed by atoms with Crippen molar-refractivity contribution in [3.05, 3.63) is 48.0 Å². The third kappa shape index (κ3) is 4.13. The van der Waals surface area contributed by atoms with Crippen LogP contribution in [0.15, 0.2) is 42.5 Å². The van der Waals surface area contributed by atoms with Gasteiger partial charge in [-0.15, -0.1) is 0 Å². The van der Waals surface area contributed by atoms with Crippen LogP contribution < -0.4 is 0 Å². The lowest BCUT2D eigenvalue weighted by Gasteiger charge is -2.01. The van der Waals surface area contributed by atoms with Gasteiger partial charge in [-0.05, 0) is 12.5 Å². The molecule has 0 bridgehead atoms. The van der Waals surface area contributed by atoms with E-state index in [9.17, 15) is 0 Å². The van der Waals surface area contributed by atoms with E-state index in [2.05, 4.69) is 0 Å². The molecule has 2 nitrogen and oxygen atoms in total. The van der Waals surface area contributed by atoms with E-state index in [0.717, 1.165) is 12.0 Å². The maximum absolute atomic E-state index is 7.78. The smallest absolute Gasteiger partial charge is 0.100 e. The molecule has 0 spiro atoms. The fourth-order valence-corrected chi connectivity index (χ4v) is 1.66. The minimum Gasteiger partial charge on any atom is -0.294 e. The monoisotopic (exact) mass is 218 g/mol. The molecule has 0 amide bonds. The largest absolute Gasteiger partial charge is 0.294 e. The molecule has 0 aromatic heterocycles. The number of hydrogen-bond donors (Lipinski definition) is 2. The highest BCUT2D eigenvalue weighted by molar-refractivity contribution is 8.27. The fraction of sp³-hybridized carbons (Fsp3) is 0.167. The molecule has 0 fully saturated rings. The Hall–Kier alpha value is -1.35. The average molecular weight is 218 g/mol. The predicted molar refractivity (Wildman–Crippen MR) is 68.0 cm³/mol. The van der Waals surface area contributed by atoms with Crippen LogP contribution in [-0.2, 0) is 0 Å². The second kappa shape index (κ2) is 6.19. The van der Waals surface area contributed by atoms with Crippen molar-refractivity contribution in [1.82, 2.24) is 0 Å². The number of hydrogen-bond acceptors (Lipinski definition) is 3. The summed E-state index contributed by atoms with van der Waals surface area (Å²) >= 11 is 1.17. The molecule has 0 aliphatic heterocycles. The highest BCUT2D eigenvalue weighted by atomic mass is 32.2. The van der Waals surface area contributed by atoms with Gasteiger partial charge >= 0.3 is 0 Å². The summed E-state index contributed by atoms with van der Waals surface area (Å²) < 4.78 is 0. The van der Waals surface area contributed by atoms with Crippen LogP contribution in [0.4, 0.5) is 0 Å². The fourth-order valence-electron chi connectivity index (χ4n) is 1.02. The van der Waals surface area contributed by atoms with Gasteiger partial charge in [0.1, 0.15) is 5.04 Å². The molecule has 2 N–H and O–H groups in total. The van der Waals surface area contributed by atoms with Crippen LogP contribution in [0, 0.1) is 10.8 Å². The Kier molecular flexibility index (Phi) is 4.84. The van der Waals surface area contributed by atoms with E-state index in [-0.39, 0.29) is 0 Å². The van der Waals surface area contributed by atoms with Gasteiger partial charge in [-0.1, -0.05) is 55.1 Å². The zero-order chi connectivity index (χ0) is 11.1. The number of thioether (sulfide) groups is 1. The second-order valence-corrected chi connectivity index (χ2v) is 4.02. The highest BCUT2D eigenvalue weighted by Gasteiger charge is 2.02. The third-order valence-corrected chi connectivity index (χ3v) is 2.55. The Balaban J connectivity index is 2.57. The van der Waals surface area contributed by atoms with Gasteiger partial charge < -0.3 is 0 Å². The van der Waals surface area contributed by atoms with Crippen LogP contribution in [-0.4, -0.2) is 10.1 Å². The summed E-state index contributed by atoms with van der Waals surface area (Å²) in [7, 11) is 0. The van der Waals surface area contributed by atoms with Crippen molar-refractivity contribution in [2.75, 3.05) is 0 Å². The van der Waals surface area contributed by atoms with Crippen molar-refractivity contribution in [1.29, 1.82) is 10.8 Å². The van der Waals surface area contributed by atoms with Crippen molar-refractivity contribution >= 4 is 21.8 Å². The molecule has 15 heavy (non-hydrogen) atoms. The number of rotatable bonds is 3. The van der Waals surface area contributed by atoms with Gasteiger partial charge in [-0.3, -0.25) is 10.8 Å². The lowest BCUT2D eigenvalue weighted by Crippen LogP contribution is -1.96. The minimum atomic E-state index is 0.408. The normalized spacial score (nSPS) is 10.5. The SMILES string of the molecule is CCC=CC(=N)SC(=N)c1ccccc1. The third-order valence-electron chi connectivity index (χ3n) is 1.75. The Morgan fingerprint density at radius 3 is 2.53 bits per heavy atom. The van der Waals surface area contributed by atoms with Crippen molar-refractivity contribution in [2.45, 2.75) is 13.3 Å². The zero-order valence-electron chi connectivity index (χ0n) is 8.66. The first-order chi connectivity index (χ1) is 7.24. The highest BCUT2D eigenvalue weighted by Crippen LogP contribution is 2.13. The molecule has 0 atom stereocenters. The standard InChI is InChI=1S/C12H14N2S/c1-2-3-9-11(13)15-12(14)10-7-5-4-6-8-10/h3-9,13-14H,2H2,1H3. The van der Waals surface area contributed by atoms with Crippen LogP contribution >= 0.6 is 11.8 Å². The molecular weight excluding hydrogens is 204 g/mol. The van der Waals surface area contributed by atoms with Crippen molar-refractivity contribution in [3.63, 3.8) is 0 Å². The zero-order valence-corrected chi connectivity index (χ0v) is 9.47. The molecule has 0 aliphatic rings. The van der Waals surface area contributed by atoms with Crippen LogP contribution in [0.25, 0.3) is 0 Å². The van der Waals surface area contributed by atoms with E-state index in [1.807, 2.05) is 43.3 Å². The van der Waals surface area contributed by atoms with Gasteiger partial charge in [0, 0.05) is 5.56 Å². The molecule has 0 saturated heterocycles. The molecule has 78 valence electrons. The molecule has 0 radical (unpaired) electrons. The summed E-state index contributed by atoms with van der Waals surface area (Å²) in [5.74, 6) is 0. The minimum absolute atomic E-state index is 0.408. The number of nitrogens with one attached hydrogen (secondary N) is 2. The summed E-state index contributed by atoms with van der Waals surface area (Å²) in [6.45, 7) is 2.02. The summed E-state index contributed by atoms with van der Waals surface area (Å²) in [4.78, 5) is 0. The number of benzene rings is 1. The molecule has 1 rings (SSSR count). The molecule has 0 unspecified atom stereocenters. The Labute approximate surface area is 94.4 Å². The molecule has 0 heterocycles. The van der Waals surface area contributed by atoms with Crippen LogP contribution in [0.2, 0.25) is 0 Å². The van der Waals surface area contributed by atoms with E-state index in [0.29, 0.717) is 10.1 Å². The lowest BCUT2D eigenvalue weighted by atomic mass is 10.2. The quantitative estimate of drug-likeness (QED) is 0.590. The molecule has 3 heteroatoms. The van der Waals surface area contributed by atoms with Crippen LogP contribution in [0.5, 0.6) is 0 Å². The summed E-state index contributed by atoms with van der Waals surface area (Å²) in [6.07, 6.45) is 4.58. The molecule has 0 saturated carbocycles. The van der Waals surface area contributed by atoms with Gasteiger partial charge in [0.05, 0.1) is 5.04 Å². The average Bonchev–Trinajstić information content (AvgIpc) is 2.27. The maximum Gasteiger partial charge on any atom is 0.100 e. The lowest BCUT2D eigenvalue weighted by molar-refractivity contribution is 1.23. The first-order valence-corrected chi connectivity index (χ1v) is 5.62. The van der Waals surface area contributed by atoms with Crippen LogP contribution in [0.3, 0.4) is 0 Å². The van der Waals surface area contributed by atoms with Gasteiger partial charge in [-0.2, -0.15) is 0 Å². The number of allylic oxidation sites excluding steroid dienone is 1. The van der Waals surface area contributed by atoms with E-state index in [4.69, 9.17) is 10.8 Å². The second-order valence-electron chi connectivity index (χ2n) is 2.97. The molecular formula is C12H14N2S. The van der Waals surface area contributed by atoms with E-state index >= 15 is 0 Å². The first kappa shape index (κ1) is 11.7. The Bertz CT molecular complexity index is 368. The maximum atomic E-state index is 7.78. The Morgan fingerprint density at radius 2 is 1.93 bits per heavy atom.